The van der Waals surface area contributed by atoms with Gasteiger partial charge >= 0.3 is 0 Å². The first-order valence-corrected chi connectivity index (χ1v) is 7.32. The molecule has 1 atom stereocenters. The zero-order valence-corrected chi connectivity index (χ0v) is 12.2. The summed E-state index contributed by atoms with van der Waals surface area (Å²) in [5.41, 5.74) is 6.42. The number of fused-ring (bicyclic) bond motifs is 1. The lowest BCUT2D eigenvalue weighted by Crippen LogP contribution is -2.32. The topological polar surface area (TPSA) is 80.9 Å². The van der Waals surface area contributed by atoms with Gasteiger partial charge in [0.15, 0.2) is 0 Å². The first-order valence-electron chi connectivity index (χ1n) is 6.51. The number of nitrogens with zero attached hydrogens (tertiary/aromatic N) is 2. The number of benzene rings is 1. The van der Waals surface area contributed by atoms with E-state index in [1.54, 1.807) is 18.3 Å². The molecule has 0 aliphatic heterocycles. The molecule has 3 rings (SSSR count). The Hall–Kier alpha value is -2.47. The summed E-state index contributed by atoms with van der Waals surface area (Å²) in [6.45, 7) is 1.71. The molecule has 6 heteroatoms. The van der Waals surface area contributed by atoms with E-state index in [9.17, 15) is 4.79 Å². The van der Waals surface area contributed by atoms with Crippen LogP contribution in [0.15, 0.2) is 42.7 Å². The van der Waals surface area contributed by atoms with Crippen LogP contribution in [0.1, 0.15) is 6.92 Å². The lowest BCUT2D eigenvalue weighted by Gasteiger charge is -2.10. The van der Waals surface area contributed by atoms with Crippen LogP contribution in [-0.2, 0) is 4.79 Å². The van der Waals surface area contributed by atoms with Gasteiger partial charge in [-0.05, 0) is 18.6 Å². The van der Waals surface area contributed by atoms with E-state index in [0.717, 1.165) is 20.7 Å². The number of carbonyl (C=O) groups excluding carboxylic acids is 1. The summed E-state index contributed by atoms with van der Waals surface area (Å²) < 4.78 is 0. The van der Waals surface area contributed by atoms with Crippen molar-refractivity contribution in [3.05, 3.63) is 42.7 Å². The van der Waals surface area contributed by atoms with Gasteiger partial charge < -0.3 is 11.1 Å². The number of thiophene rings is 1. The highest BCUT2D eigenvalue weighted by atomic mass is 32.1. The molecule has 0 radical (unpaired) electrons. The summed E-state index contributed by atoms with van der Waals surface area (Å²) in [4.78, 5) is 21.7. The molecular formula is C15H14N4OS. The fraction of sp³-hybridized carbons (Fsp3) is 0.133. The number of nitrogens with one attached hydrogen (secondary N) is 1. The van der Waals surface area contributed by atoms with Crippen molar-refractivity contribution in [1.29, 1.82) is 0 Å². The SMILES string of the molecule is C[C@H](Nc1ncnc2sc(-c3ccccc3)cc12)C(N)=O. The Kier molecular flexibility index (Phi) is 3.53. The van der Waals surface area contributed by atoms with E-state index in [1.807, 2.05) is 24.3 Å². The maximum atomic E-state index is 11.2. The molecule has 5 nitrogen and oxygen atoms in total. The summed E-state index contributed by atoms with van der Waals surface area (Å²) in [7, 11) is 0. The minimum atomic E-state index is -0.483. The fourth-order valence-corrected chi connectivity index (χ4v) is 3.00. The normalized spacial score (nSPS) is 12.2. The zero-order chi connectivity index (χ0) is 14.8. The van der Waals surface area contributed by atoms with Gasteiger partial charge in [0.1, 0.15) is 23.0 Å². The number of nitrogens with two attached hydrogens (primary N) is 1. The van der Waals surface area contributed by atoms with Gasteiger partial charge in [0.05, 0.1) is 5.39 Å². The Labute approximate surface area is 125 Å². The second kappa shape index (κ2) is 5.49. The lowest BCUT2D eigenvalue weighted by atomic mass is 10.2. The molecule has 0 fully saturated rings. The zero-order valence-electron chi connectivity index (χ0n) is 11.4. The lowest BCUT2D eigenvalue weighted by molar-refractivity contribution is -0.118. The van der Waals surface area contributed by atoms with Crippen molar-refractivity contribution in [3.8, 4) is 10.4 Å². The van der Waals surface area contributed by atoms with E-state index in [2.05, 4.69) is 27.4 Å². The van der Waals surface area contributed by atoms with E-state index in [1.165, 1.54) is 6.33 Å². The molecule has 1 aromatic carbocycles. The Bertz CT molecular complexity index is 785. The van der Waals surface area contributed by atoms with Gasteiger partial charge in [-0.15, -0.1) is 11.3 Å². The summed E-state index contributed by atoms with van der Waals surface area (Å²) in [5, 5.41) is 3.93. The van der Waals surface area contributed by atoms with E-state index < -0.39 is 11.9 Å². The van der Waals surface area contributed by atoms with E-state index in [-0.39, 0.29) is 0 Å². The number of hydrogen-bond acceptors (Lipinski definition) is 5. The molecule has 1 amide bonds. The van der Waals surface area contributed by atoms with E-state index >= 15 is 0 Å². The van der Waals surface area contributed by atoms with Crippen molar-refractivity contribution in [3.63, 3.8) is 0 Å². The highest BCUT2D eigenvalue weighted by Crippen LogP contribution is 2.34. The van der Waals surface area contributed by atoms with E-state index in [0.29, 0.717) is 5.82 Å². The predicted octanol–water partition coefficient (Wildman–Crippen LogP) is 2.64. The number of carbonyl (C=O) groups is 1. The largest absolute Gasteiger partial charge is 0.368 e. The van der Waals surface area contributed by atoms with Crippen LogP contribution in [0.25, 0.3) is 20.7 Å². The van der Waals surface area contributed by atoms with Crippen LogP contribution < -0.4 is 11.1 Å². The third kappa shape index (κ3) is 2.71. The molecule has 0 bridgehead atoms. The minimum Gasteiger partial charge on any atom is -0.368 e. The summed E-state index contributed by atoms with van der Waals surface area (Å²) in [6.07, 6.45) is 1.49. The molecule has 106 valence electrons. The van der Waals surface area contributed by atoms with Gasteiger partial charge in [-0.3, -0.25) is 4.79 Å². The second-order valence-corrected chi connectivity index (χ2v) is 5.72. The predicted molar refractivity (Wildman–Crippen MR) is 85.1 cm³/mol. The van der Waals surface area contributed by atoms with Gasteiger partial charge in [-0.2, -0.15) is 0 Å². The standard InChI is InChI=1S/C15H14N4OS/c1-9(13(16)20)19-14-11-7-12(10-5-3-2-4-6-10)21-15(11)18-8-17-14/h2-9H,1H3,(H2,16,20)(H,17,18,19)/t9-/m0/s1. The van der Waals surface area contributed by atoms with Crippen LogP contribution in [-0.4, -0.2) is 21.9 Å². The van der Waals surface area contributed by atoms with Crippen LogP contribution >= 0.6 is 11.3 Å². The Morgan fingerprint density at radius 1 is 1.29 bits per heavy atom. The Morgan fingerprint density at radius 2 is 2.05 bits per heavy atom. The molecule has 0 saturated carbocycles. The van der Waals surface area contributed by atoms with Crippen LogP contribution in [0.4, 0.5) is 5.82 Å². The number of anilines is 1. The van der Waals surface area contributed by atoms with Gasteiger partial charge in [0, 0.05) is 4.88 Å². The van der Waals surface area contributed by atoms with Gasteiger partial charge in [-0.1, -0.05) is 30.3 Å². The maximum Gasteiger partial charge on any atom is 0.239 e. The van der Waals surface area contributed by atoms with Crippen molar-refractivity contribution in [1.82, 2.24) is 9.97 Å². The minimum absolute atomic E-state index is 0.416. The smallest absolute Gasteiger partial charge is 0.239 e. The third-order valence-electron chi connectivity index (χ3n) is 3.17. The Morgan fingerprint density at radius 3 is 2.76 bits per heavy atom. The number of hydrogen-bond donors (Lipinski definition) is 2. The van der Waals surface area contributed by atoms with Crippen LogP contribution in [0.2, 0.25) is 0 Å². The monoisotopic (exact) mass is 298 g/mol. The van der Waals surface area contributed by atoms with Gasteiger partial charge in [0.2, 0.25) is 5.91 Å². The molecule has 2 heterocycles. The molecule has 0 aliphatic carbocycles. The molecule has 0 saturated heterocycles. The number of primary amides is 1. The number of aromatic nitrogens is 2. The molecule has 2 aromatic heterocycles. The highest BCUT2D eigenvalue weighted by molar-refractivity contribution is 7.21. The third-order valence-corrected chi connectivity index (χ3v) is 4.26. The van der Waals surface area contributed by atoms with Crippen molar-refractivity contribution in [2.75, 3.05) is 5.32 Å². The average Bonchev–Trinajstić information content (AvgIpc) is 2.93. The maximum absolute atomic E-state index is 11.2. The summed E-state index contributed by atoms with van der Waals surface area (Å²) in [5.74, 6) is 0.213. The second-order valence-electron chi connectivity index (χ2n) is 4.69. The number of rotatable bonds is 4. The highest BCUT2D eigenvalue weighted by Gasteiger charge is 2.14. The van der Waals surface area contributed by atoms with Gasteiger partial charge in [0.25, 0.3) is 0 Å². The first kappa shape index (κ1) is 13.5. The molecule has 3 aromatic rings. The van der Waals surface area contributed by atoms with Crippen molar-refractivity contribution < 1.29 is 4.79 Å². The van der Waals surface area contributed by atoms with Crippen molar-refractivity contribution in [2.24, 2.45) is 5.73 Å². The van der Waals surface area contributed by atoms with Crippen molar-refractivity contribution in [2.45, 2.75) is 13.0 Å². The van der Waals surface area contributed by atoms with Crippen LogP contribution in [0, 0.1) is 0 Å². The van der Waals surface area contributed by atoms with Crippen LogP contribution in [0.5, 0.6) is 0 Å². The molecule has 3 N–H and O–H groups in total. The molecule has 0 aliphatic rings. The van der Waals surface area contributed by atoms with Gasteiger partial charge in [-0.25, -0.2) is 9.97 Å². The number of amides is 1. The summed E-state index contributed by atoms with van der Waals surface area (Å²) in [6, 6.07) is 11.6. The fourth-order valence-electron chi connectivity index (χ4n) is 1.99. The van der Waals surface area contributed by atoms with Crippen LogP contribution in [0.3, 0.4) is 0 Å². The first-order chi connectivity index (χ1) is 10.1. The average molecular weight is 298 g/mol. The van der Waals surface area contributed by atoms with Crippen molar-refractivity contribution >= 4 is 33.3 Å². The molecule has 21 heavy (non-hydrogen) atoms. The van der Waals surface area contributed by atoms with E-state index in [4.69, 9.17) is 5.73 Å². The quantitative estimate of drug-likeness (QED) is 0.776. The molecule has 0 unspecified atom stereocenters. The molecule has 0 spiro atoms. The molecular weight excluding hydrogens is 284 g/mol. The summed E-state index contributed by atoms with van der Waals surface area (Å²) >= 11 is 1.59. The Balaban J connectivity index is 2.04.